The van der Waals surface area contributed by atoms with Crippen molar-refractivity contribution in [3.8, 4) is 0 Å². The zero-order valence-electron chi connectivity index (χ0n) is 11.7. The maximum absolute atomic E-state index is 12.2. The quantitative estimate of drug-likeness (QED) is 0.263. The number of oxime groups is 1. The lowest BCUT2D eigenvalue weighted by atomic mass is 9.80. The smallest absolute Gasteiger partial charge is 0.234 e. The third kappa shape index (κ3) is 3.87. The van der Waals surface area contributed by atoms with Crippen LogP contribution in [0.5, 0.6) is 0 Å². The number of nitrogens with zero attached hydrogens (tertiary/aromatic N) is 1. The number of hydrogen-bond acceptors (Lipinski definition) is 4. The maximum Gasteiger partial charge on any atom is 0.234 e. The fourth-order valence-electron chi connectivity index (χ4n) is 1.89. The molecule has 1 amide bonds. The van der Waals surface area contributed by atoms with Gasteiger partial charge in [0.2, 0.25) is 5.91 Å². The van der Waals surface area contributed by atoms with Crippen molar-refractivity contribution >= 4 is 11.7 Å². The predicted octanol–water partition coefficient (Wildman–Crippen LogP) is 1.08. The van der Waals surface area contributed by atoms with Crippen molar-refractivity contribution < 1.29 is 14.7 Å². The normalized spacial score (nSPS) is 14.3. The Kier molecular flexibility index (Phi) is 7.35. The zero-order chi connectivity index (χ0) is 14.2. The van der Waals surface area contributed by atoms with Gasteiger partial charge < -0.3 is 21.0 Å². The minimum absolute atomic E-state index is 0.0472. The predicted molar refractivity (Wildman–Crippen MR) is 70.5 cm³/mol. The van der Waals surface area contributed by atoms with Crippen molar-refractivity contribution in [3.05, 3.63) is 0 Å². The van der Waals surface area contributed by atoms with Crippen LogP contribution in [0.25, 0.3) is 0 Å². The Morgan fingerprint density at radius 1 is 1.44 bits per heavy atom. The minimum Gasteiger partial charge on any atom is -0.409 e. The second kappa shape index (κ2) is 7.92. The van der Waals surface area contributed by atoms with E-state index < -0.39 is 5.41 Å². The summed E-state index contributed by atoms with van der Waals surface area (Å²) in [5, 5.41) is 14.6. The number of rotatable bonds is 8. The minimum atomic E-state index is -0.944. The summed E-state index contributed by atoms with van der Waals surface area (Å²) < 4.78 is 5.33. The summed E-state index contributed by atoms with van der Waals surface area (Å²) in [5.74, 6) is -0.275. The Hall–Kier alpha value is -1.30. The summed E-state index contributed by atoms with van der Waals surface area (Å²) in [7, 11) is 0. The van der Waals surface area contributed by atoms with E-state index in [4.69, 9.17) is 15.7 Å². The van der Waals surface area contributed by atoms with Crippen molar-refractivity contribution in [1.82, 2.24) is 5.32 Å². The highest BCUT2D eigenvalue weighted by molar-refractivity contribution is 6.06. The average Bonchev–Trinajstić information content (AvgIpc) is 2.38. The molecule has 6 nitrogen and oxygen atoms in total. The van der Waals surface area contributed by atoms with Crippen LogP contribution in [0, 0.1) is 5.41 Å². The van der Waals surface area contributed by atoms with Crippen LogP contribution in [0.3, 0.4) is 0 Å². The van der Waals surface area contributed by atoms with E-state index >= 15 is 0 Å². The molecule has 0 aromatic rings. The van der Waals surface area contributed by atoms with Gasteiger partial charge >= 0.3 is 0 Å². The summed E-state index contributed by atoms with van der Waals surface area (Å²) in [6, 6.07) is 0. The van der Waals surface area contributed by atoms with Gasteiger partial charge in [0.05, 0.1) is 6.10 Å². The molecule has 0 spiro atoms. The number of nitrogens with one attached hydrogen (secondary N) is 1. The largest absolute Gasteiger partial charge is 0.409 e. The van der Waals surface area contributed by atoms with E-state index in [1.165, 1.54) is 0 Å². The number of hydrogen-bond donors (Lipinski definition) is 3. The molecule has 106 valence electrons. The molecule has 0 heterocycles. The van der Waals surface area contributed by atoms with E-state index in [2.05, 4.69) is 10.5 Å². The molecule has 0 radical (unpaired) electrons. The van der Waals surface area contributed by atoms with Gasteiger partial charge in [-0.2, -0.15) is 0 Å². The first-order valence-electron chi connectivity index (χ1n) is 6.36. The van der Waals surface area contributed by atoms with E-state index in [-0.39, 0.29) is 17.8 Å². The fourth-order valence-corrected chi connectivity index (χ4v) is 1.89. The molecule has 0 saturated heterocycles. The standard InChI is InChI=1S/C12H25N3O3/c1-5-12(6-2,10(13)15-17)11(16)14-8-9(4)18-7-3/h9,17H,5-8H2,1-4H3,(H2,13,15)(H,14,16). The zero-order valence-corrected chi connectivity index (χ0v) is 11.7. The molecule has 6 heteroatoms. The van der Waals surface area contributed by atoms with E-state index in [0.717, 1.165) is 0 Å². The Morgan fingerprint density at radius 3 is 2.39 bits per heavy atom. The molecule has 0 saturated carbocycles. The average molecular weight is 259 g/mol. The summed E-state index contributed by atoms with van der Waals surface area (Å²) in [5.41, 5.74) is 4.70. The molecule has 0 aromatic carbocycles. The molecule has 0 aliphatic heterocycles. The van der Waals surface area contributed by atoms with Gasteiger partial charge in [0.15, 0.2) is 5.84 Å². The van der Waals surface area contributed by atoms with Gasteiger partial charge in [-0.05, 0) is 26.7 Å². The van der Waals surface area contributed by atoms with Crippen LogP contribution in [-0.4, -0.2) is 36.2 Å². The Balaban J connectivity index is 4.69. The lowest BCUT2D eigenvalue weighted by Crippen LogP contribution is -2.50. The number of amidine groups is 1. The molecule has 0 rings (SSSR count). The van der Waals surface area contributed by atoms with E-state index in [0.29, 0.717) is 26.0 Å². The first-order valence-corrected chi connectivity index (χ1v) is 6.36. The maximum atomic E-state index is 12.2. The number of amides is 1. The summed E-state index contributed by atoms with van der Waals surface area (Å²) >= 11 is 0. The van der Waals surface area contributed by atoms with Crippen LogP contribution < -0.4 is 11.1 Å². The van der Waals surface area contributed by atoms with Crippen molar-refractivity contribution in [2.75, 3.05) is 13.2 Å². The monoisotopic (exact) mass is 259 g/mol. The van der Waals surface area contributed by atoms with Gasteiger partial charge in [-0.3, -0.25) is 4.79 Å². The Bertz CT molecular complexity index is 288. The first kappa shape index (κ1) is 16.7. The molecule has 1 unspecified atom stereocenters. The number of carbonyl (C=O) groups excluding carboxylic acids is 1. The van der Waals surface area contributed by atoms with Crippen LogP contribution in [0.1, 0.15) is 40.5 Å². The molecular weight excluding hydrogens is 234 g/mol. The Morgan fingerprint density at radius 2 is 2.00 bits per heavy atom. The second-order valence-corrected chi connectivity index (χ2v) is 4.25. The third-order valence-corrected chi connectivity index (χ3v) is 3.24. The SMILES string of the molecule is CCOC(C)CNC(=O)C(CC)(CC)C(N)=NO. The highest BCUT2D eigenvalue weighted by Gasteiger charge is 2.39. The van der Waals surface area contributed by atoms with Gasteiger partial charge in [0.25, 0.3) is 0 Å². The molecular formula is C12H25N3O3. The molecule has 0 aliphatic rings. The van der Waals surface area contributed by atoms with Gasteiger partial charge in [0, 0.05) is 13.2 Å². The highest BCUT2D eigenvalue weighted by atomic mass is 16.5. The van der Waals surface area contributed by atoms with Crippen LogP contribution >= 0.6 is 0 Å². The van der Waals surface area contributed by atoms with Crippen molar-refractivity contribution in [3.63, 3.8) is 0 Å². The van der Waals surface area contributed by atoms with Crippen LogP contribution in [0.2, 0.25) is 0 Å². The van der Waals surface area contributed by atoms with Crippen LogP contribution in [-0.2, 0) is 9.53 Å². The molecule has 0 bridgehead atoms. The summed E-state index contributed by atoms with van der Waals surface area (Å²) in [6.45, 7) is 8.47. The van der Waals surface area contributed by atoms with E-state index in [9.17, 15) is 4.79 Å². The first-order chi connectivity index (χ1) is 8.48. The summed E-state index contributed by atoms with van der Waals surface area (Å²) in [6.07, 6.45) is 0.903. The second-order valence-electron chi connectivity index (χ2n) is 4.25. The van der Waals surface area contributed by atoms with Crippen molar-refractivity contribution in [1.29, 1.82) is 0 Å². The van der Waals surface area contributed by atoms with Gasteiger partial charge in [-0.25, -0.2) is 0 Å². The van der Waals surface area contributed by atoms with Crippen LogP contribution in [0.4, 0.5) is 0 Å². The third-order valence-electron chi connectivity index (χ3n) is 3.24. The van der Waals surface area contributed by atoms with Gasteiger partial charge in [-0.1, -0.05) is 19.0 Å². The highest BCUT2D eigenvalue weighted by Crippen LogP contribution is 2.26. The van der Waals surface area contributed by atoms with Crippen LogP contribution in [0.15, 0.2) is 5.16 Å². The molecule has 0 aliphatic carbocycles. The number of ether oxygens (including phenoxy) is 1. The molecule has 0 fully saturated rings. The summed E-state index contributed by atoms with van der Waals surface area (Å²) in [4.78, 5) is 12.2. The molecule has 0 aromatic heterocycles. The molecule has 18 heavy (non-hydrogen) atoms. The van der Waals surface area contributed by atoms with Crippen molar-refractivity contribution in [2.24, 2.45) is 16.3 Å². The molecule has 4 N–H and O–H groups in total. The fraction of sp³-hybridized carbons (Fsp3) is 0.833. The number of nitrogens with two attached hydrogens (primary N) is 1. The topological polar surface area (TPSA) is 96.9 Å². The van der Waals surface area contributed by atoms with Gasteiger partial charge in [0.1, 0.15) is 5.41 Å². The van der Waals surface area contributed by atoms with Crippen molar-refractivity contribution in [2.45, 2.75) is 46.6 Å². The lowest BCUT2D eigenvalue weighted by Gasteiger charge is -2.29. The van der Waals surface area contributed by atoms with Gasteiger partial charge in [-0.15, -0.1) is 0 Å². The lowest BCUT2D eigenvalue weighted by molar-refractivity contribution is -0.128. The van der Waals surface area contributed by atoms with E-state index in [1.54, 1.807) is 0 Å². The molecule has 1 atom stereocenters. The Labute approximate surface area is 109 Å². The van der Waals surface area contributed by atoms with E-state index in [1.807, 2.05) is 27.7 Å². The number of carbonyl (C=O) groups is 1.